The smallest absolute Gasteiger partial charge is 0.405 e. The predicted molar refractivity (Wildman–Crippen MR) is 121 cm³/mol. The van der Waals surface area contributed by atoms with Crippen molar-refractivity contribution in [3.05, 3.63) is 65.7 Å². The fraction of sp³-hybridized carbons (Fsp3) is 0.400. The number of rotatable bonds is 5. The first-order valence-electron chi connectivity index (χ1n) is 11.6. The monoisotopic (exact) mass is 505 g/mol. The third-order valence-corrected chi connectivity index (χ3v) is 6.78. The van der Waals surface area contributed by atoms with E-state index in [9.17, 15) is 32.8 Å². The Morgan fingerprint density at radius 2 is 1.56 bits per heavy atom. The van der Waals surface area contributed by atoms with Crippen LogP contribution in [-0.2, 0) is 9.59 Å². The van der Waals surface area contributed by atoms with Gasteiger partial charge in [-0.15, -0.1) is 13.2 Å². The number of amides is 3. The first-order chi connectivity index (χ1) is 17.2. The largest absolute Gasteiger partial charge is 0.573 e. The van der Waals surface area contributed by atoms with E-state index in [1.54, 1.807) is 10.4 Å². The molecule has 0 radical (unpaired) electrons. The maximum absolute atomic E-state index is 13.4. The van der Waals surface area contributed by atoms with Gasteiger partial charge in [0.15, 0.2) is 0 Å². The number of halogens is 3. The van der Waals surface area contributed by atoms with Gasteiger partial charge in [0.1, 0.15) is 5.75 Å². The molecule has 2 heterocycles. The van der Waals surface area contributed by atoms with E-state index in [1.807, 2.05) is 30.3 Å². The Hall–Kier alpha value is -3.60. The first-order valence-corrected chi connectivity index (χ1v) is 11.6. The summed E-state index contributed by atoms with van der Waals surface area (Å²) >= 11 is 0. The molecule has 0 saturated carbocycles. The number of likely N-dealkylation sites (tertiary alicyclic amines) is 2. The number of benzene rings is 2. The van der Waals surface area contributed by atoms with Crippen molar-refractivity contribution in [3.8, 4) is 5.75 Å². The second-order valence-electron chi connectivity index (χ2n) is 8.95. The number of piperidine rings is 1. The van der Waals surface area contributed by atoms with Crippen molar-refractivity contribution in [3.63, 3.8) is 0 Å². The molecule has 2 fully saturated rings. The van der Waals surface area contributed by atoms with Gasteiger partial charge >= 0.3 is 6.36 Å². The number of carbonyl (C=O) groups is 3. The molecule has 0 bridgehead atoms. The molecule has 0 spiro atoms. The van der Waals surface area contributed by atoms with Crippen molar-refractivity contribution < 1.29 is 37.5 Å². The van der Waals surface area contributed by atoms with Crippen LogP contribution in [0.25, 0.3) is 0 Å². The molecule has 192 valence electrons. The number of hydroxylamine groups is 1. The fourth-order valence-corrected chi connectivity index (χ4v) is 5.00. The molecule has 3 amide bonds. The van der Waals surface area contributed by atoms with E-state index in [4.69, 9.17) is 0 Å². The Kier molecular flexibility index (Phi) is 7.48. The molecule has 2 aliphatic rings. The van der Waals surface area contributed by atoms with Gasteiger partial charge in [0, 0.05) is 32.1 Å². The maximum atomic E-state index is 13.4. The van der Waals surface area contributed by atoms with E-state index in [0.717, 1.165) is 18.1 Å². The zero-order valence-electron chi connectivity index (χ0n) is 19.3. The Balaban J connectivity index is 1.48. The fourth-order valence-electron chi connectivity index (χ4n) is 5.00. The first kappa shape index (κ1) is 25.5. The minimum Gasteiger partial charge on any atom is -0.405 e. The third kappa shape index (κ3) is 5.62. The van der Waals surface area contributed by atoms with Gasteiger partial charge < -0.3 is 14.5 Å². The summed E-state index contributed by atoms with van der Waals surface area (Å²) in [6, 6.07) is 14.8. The van der Waals surface area contributed by atoms with Gasteiger partial charge in [0.2, 0.25) is 11.8 Å². The molecule has 2 N–H and O–H groups in total. The van der Waals surface area contributed by atoms with Crippen LogP contribution in [0.5, 0.6) is 5.75 Å². The van der Waals surface area contributed by atoms with Crippen molar-refractivity contribution in [2.75, 3.05) is 26.2 Å². The highest BCUT2D eigenvalue weighted by molar-refractivity contribution is 5.98. The second kappa shape index (κ2) is 10.6. The zero-order chi connectivity index (χ0) is 25.9. The quantitative estimate of drug-likeness (QED) is 0.481. The van der Waals surface area contributed by atoms with Gasteiger partial charge in [-0.1, -0.05) is 42.5 Å². The van der Waals surface area contributed by atoms with E-state index < -0.39 is 35.8 Å². The molecule has 4 rings (SSSR count). The molecule has 2 aliphatic heterocycles. The highest BCUT2D eigenvalue weighted by Gasteiger charge is 2.43. The molecule has 2 unspecified atom stereocenters. The minimum atomic E-state index is -4.98. The Morgan fingerprint density at radius 3 is 2.25 bits per heavy atom. The summed E-state index contributed by atoms with van der Waals surface area (Å²) in [4.78, 5) is 41.9. The number of ether oxygens (including phenoxy) is 1. The van der Waals surface area contributed by atoms with Crippen molar-refractivity contribution in [1.29, 1.82) is 0 Å². The molecule has 0 aliphatic carbocycles. The lowest BCUT2D eigenvalue weighted by atomic mass is 9.83. The number of nitrogens with one attached hydrogen (secondary N) is 1. The van der Waals surface area contributed by atoms with E-state index in [0.29, 0.717) is 13.1 Å². The number of nitrogens with zero attached hydrogens (tertiary/aromatic N) is 2. The van der Waals surface area contributed by atoms with Crippen LogP contribution in [-0.4, -0.2) is 65.3 Å². The van der Waals surface area contributed by atoms with Crippen molar-refractivity contribution in [1.82, 2.24) is 15.3 Å². The zero-order valence-corrected chi connectivity index (χ0v) is 19.3. The molecule has 2 aromatic carbocycles. The molecule has 11 heteroatoms. The normalized spacial score (nSPS) is 22.3. The Bertz CT molecular complexity index is 1110. The lowest BCUT2D eigenvalue weighted by Gasteiger charge is -2.38. The van der Waals surface area contributed by atoms with Crippen LogP contribution < -0.4 is 10.2 Å². The Labute approximate surface area is 205 Å². The summed E-state index contributed by atoms with van der Waals surface area (Å²) in [5.41, 5.74) is 2.38. The number of hydrogen-bond acceptors (Lipinski definition) is 5. The van der Waals surface area contributed by atoms with Crippen LogP contribution in [0.15, 0.2) is 54.6 Å². The summed E-state index contributed by atoms with van der Waals surface area (Å²) in [5, 5.41) is 9.28. The molecule has 3 atom stereocenters. The van der Waals surface area contributed by atoms with Crippen LogP contribution in [0.3, 0.4) is 0 Å². The predicted octanol–water partition coefficient (Wildman–Crippen LogP) is 3.19. The summed E-state index contributed by atoms with van der Waals surface area (Å²) in [5.74, 6) is -4.15. The second-order valence-corrected chi connectivity index (χ2v) is 8.95. The average Bonchev–Trinajstić information content (AvgIpc) is 3.37. The van der Waals surface area contributed by atoms with Gasteiger partial charge in [-0.3, -0.25) is 19.6 Å². The molecule has 2 aromatic rings. The van der Waals surface area contributed by atoms with Crippen LogP contribution >= 0.6 is 0 Å². The number of alkyl halides is 3. The van der Waals surface area contributed by atoms with Gasteiger partial charge in [0.05, 0.1) is 17.4 Å². The molecular weight excluding hydrogens is 479 g/mol. The van der Waals surface area contributed by atoms with Crippen LogP contribution in [0.4, 0.5) is 13.2 Å². The maximum Gasteiger partial charge on any atom is 0.573 e. The van der Waals surface area contributed by atoms with Crippen LogP contribution in [0.1, 0.15) is 34.7 Å². The highest BCUT2D eigenvalue weighted by Crippen LogP contribution is 2.33. The molecule has 8 nitrogen and oxygen atoms in total. The molecule has 0 aromatic heterocycles. The van der Waals surface area contributed by atoms with Gasteiger partial charge in [-0.05, 0) is 30.5 Å². The molecule has 2 saturated heterocycles. The van der Waals surface area contributed by atoms with Crippen LogP contribution in [0, 0.1) is 11.8 Å². The van der Waals surface area contributed by atoms with Crippen molar-refractivity contribution in [2.45, 2.75) is 25.1 Å². The van der Waals surface area contributed by atoms with Gasteiger partial charge in [-0.25, -0.2) is 5.48 Å². The van der Waals surface area contributed by atoms with E-state index in [2.05, 4.69) is 4.74 Å². The van der Waals surface area contributed by atoms with Gasteiger partial charge in [0.25, 0.3) is 5.91 Å². The molecule has 36 heavy (non-hydrogen) atoms. The topological polar surface area (TPSA) is 99.2 Å². The summed E-state index contributed by atoms with van der Waals surface area (Å²) in [7, 11) is 0. The standard InChI is InChI=1S/C25H26F3N3O5/c26-25(27,28)36-21-9-5-4-8-19(21)24(34)31-13-11-18(20(15-31)22(32)29-35)23(33)30-12-10-17(14-30)16-6-2-1-3-7-16/h1-9,17-18,20,35H,10-15H2,(H,29,32)/t17-,18?,20?/m1/s1. The summed E-state index contributed by atoms with van der Waals surface area (Å²) in [6.45, 7) is 0.837. The van der Waals surface area contributed by atoms with E-state index in [-0.39, 0.29) is 36.9 Å². The number of para-hydroxylation sites is 1. The number of hydrogen-bond donors (Lipinski definition) is 2. The summed E-state index contributed by atoms with van der Waals surface area (Å²) in [6.07, 6.45) is -4.08. The minimum absolute atomic E-state index is 0.0563. The van der Waals surface area contributed by atoms with Crippen molar-refractivity contribution in [2.24, 2.45) is 11.8 Å². The third-order valence-electron chi connectivity index (χ3n) is 6.78. The summed E-state index contributed by atoms with van der Waals surface area (Å²) < 4.78 is 42.4. The SMILES string of the molecule is O=C(NO)C1CN(C(=O)c2ccccc2OC(F)(F)F)CCC1C(=O)N1CC[C@@H](c2ccccc2)C1. The van der Waals surface area contributed by atoms with E-state index >= 15 is 0 Å². The lowest BCUT2D eigenvalue weighted by molar-refractivity contribution is -0.274. The Morgan fingerprint density at radius 1 is 0.889 bits per heavy atom. The lowest BCUT2D eigenvalue weighted by Crippen LogP contribution is -2.53. The van der Waals surface area contributed by atoms with Gasteiger partial charge in [-0.2, -0.15) is 0 Å². The number of carbonyl (C=O) groups excluding carboxylic acids is 3. The average molecular weight is 505 g/mol. The van der Waals surface area contributed by atoms with E-state index in [1.165, 1.54) is 23.1 Å². The van der Waals surface area contributed by atoms with Crippen molar-refractivity contribution >= 4 is 17.7 Å². The molecular formula is C25H26F3N3O5. The highest BCUT2D eigenvalue weighted by atomic mass is 19.4. The van der Waals surface area contributed by atoms with Crippen LogP contribution in [0.2, 0.25) is 0 Å².